The zero-order valence-electron chi connectivity index (χ0n) is 14.6. The van der Waals surface area contributed by atoms with E-state index in [1.54, 1.807) is 0 Å². The molecule has 140 valence electrons. The molecule has 0 aliphatic rings. The van der Waals surface area contributed by atoms with Crippen LogP contribution in [0.2, 0.25) is 0 Å². The average Bonchev–Trinajstić information content (AvgIpc) is 2.62. The molecular formula is C16H21NaO9. The quantitative estimate of drug-likeness (QED) is 0.168. The number of hydrogen-bond donors (Lipinski definition) is 4. The van der Waals surface area contributed by atoms with E-state index in [9.17, 15) is 20.1 Å². The molecule has 26 heavy (non-hydrogen) atoms. The number of ether oxygens (including phenoxy) is 3. The van der Waals surface area contributed by atoms with E-state index < -0.39 is 43.8 Å². The molecule has 0 saturated carbocycles. The van der Waals surface area contributed by atoms with Gasteiger partial charge in [0.15, 0.2) is 11.5 Å². The zero-order valence-corrected chi connectivity index (χ0v) is 16.6. The van der Waals surface area contributed by atoms with Crippen molar-refractivity contribution in [3.8, 4) is 11.5 Å². The van der Waals surface area contributed by atoms with Gasteiger partial charge in [-0.25, -0.2) is 0 Å². The monoisotopic (exact) mass is 380 g/mol. The number of carbonyl (C=O) groups is 1. The summed E-state index contributed by atoms with van der Waals surface area (Å²) in [5, 5.41) is 47.0. The molecule has 1 aromatic carbocycles. The van der Waals surface area contributed by atoms with E-state index in [-0.39, 0.29) is 41.9 Å². The molecule has 1 aromatic rings. The van der Waals surface area contributed by atoms with Crippen LogP contribution < -0.4 is 44.1 Å². The van der Waals surface area contributed by atoms with Crippen LogP contribution in [0.25, 0.3) is 6.08 Å². The van der Waals surface area contributed by atoms with Crippen molar-refractivity contribution in [3.63, 3.8) is 0 Å². The molecule has 1 rings (SSSR count). The van der Waals surface area contributed by atoms with Crippen molar-refractivity contribution in [1.29, 1.82) is 0 Å². The fourth-order valence-corrected chi connectivity index (χ4v) is 1.68. The van der Waals surface area contributed by atoms with Crippen LogP contribution in [0.1, 0.15) is 5.56 Å². The van der Waals surface area contributed by atoms with Crippen molar-refractivity contribution in [3.05, 3.63) is 29.5 Å². The Balaban J connectivity index is 0.00000625. The molecule has 2 atom stereocenters. The zero-order chi connectivity index (χ0) is 18.8. The Labute approximate surface area is 172 Å². The molecular weight excluding hydrogens is 359 g/mol. The van der Waals surface area contributed by atoms with Gasteiger partial charge in [0.2, 0.25) is 0 Å². The number of aliphatic hydroxyl groups excluding tert-OH is 4. The summed E-state index contributed by atoms with van der Waals surface area (Å²) >= 11 is 0. The number of benzene rings is 1. The van der Waals surface area contributed by atoms with Gasteiger partial charge in [0.1, 0.15) is 37.2 Å². The van der Waals surface area contributed by atoms with Gasteiger partial charge in [-0.2, -0.15) is 0 Å². The summed E-state index contributed by atoms with van der Waals surface area (Å²) in [6.45, 7) is -1.57. The maximum atomic E-state index is 11.1. The van der Waals surface area contributed by atoms with Crippen LogP contribution in [0.3, 0.4) is 0 Å². The maximum absolute atomic E-state index is 11.1. The molecule has 0 bridgehead atoms. The molecule has 0 radical (unpaired) electrons. The Morgan fingerprint density at radius 3 is 2.31 bits per heavy atom. The molecule has 2 unspecified atom stereocenters. The predicted octanol–water partition coefficient (Wildman–Crippen LogP) is -5.11. The van der Waals surface area contributed by atoms with Crippen LogP contribution in [-0.2, 0) is 9.53 Å². The molecule has 0 amide bonds. The third-order valence-electron chi connectivity index (χ3n) is 2.97. The summed E-state index contributed by atoms with van der Waals surface area (Å²) in [6, 6.07) is 4.47. The van der Waals surface area contributed by atoms with Gasteiger partial charge >= 0.3 is 29.6 Å². The Hall–Kier alpha value is -1.33. The minimum Gasteiger partial charge on any atom is -0.542 e. The van der Waals surface area contributed by atoms with Gasteiger partial charge in [-0.3, -0.25) is 0 Å². The molecule has 0 aliphatic carbocycles. The van der Waals surface area contributed by atoms with Crippen molar-refractivity contribution in [2.75, 3.05) is 33.5 Å². The number of carboxylic acid groups (broad SMARTS) is 1. The Morgan fingerprint density at radius 2 is 1.77 bits per heavy atom. The van der Waals surface area contributed by atoms with Crippen LogP contribution >= 0.6 is 0 Å². The molecule has 0 fully saturated rings. The largest absolute Gasteiger partial charge is 1.00 e. The van der Waals surface area contributed by atoms with Crippen molar-refractivity contribution in [2.45, 2.75) is 12.2 Å². The third kappa shape index (κ3) is 8.37. The van der Waals surface area contributed by atoms with Crippen LogP contribution in [0.15, 0.2) is 24.0 Å². The summed E-state index contributed by atoms with van der Waals surface area (Å²) < 4.78 is 15.4. The van der Waals surface area contributed by atoms with Crippen LogP contribution in [0, 0.1) is 0 Å². The third-order valence-corrected chi connectivity index (χ3v) is 2.97. The molecule has 0 spiro atoms. The van der Waals surface area contributed by atoms with Crippen molar-refractivity contribution >= 4 is 12.0 Å². The van der Waals surface area contributed by atoms with Crippen LogP contribution in [-0.4, -0.2) is 72.1 Å². The normalized spacial score (nSPS) is 13.3. The van der Waals surface area contributed by atoms with Gasteiger partial charge in [0, 0.05) is 0 Å². The number of aliphatic hydroxyl groups is 4. The molecule has 0 heterocycles. The second-order valence-corrected chi connectivity index (χ2v) is 5.00. The fourth-order valence-electron chi connectivity index (χ4n) is 1.68. The second kappa shape index (κ2) is 12.9. The van der Waals surface area contributed by atoms with Gasteiger partial charge in [0.05, 0.1) is 20.3 Å². The van der Waals surface area contributed by atoms with E-state index in [4.69, 9.17) is 24.4 Å². The molecule has 0 saturated heterocycles. The van der Waals surface area contributed by atoms with E-state index in [2.05, 4.69) is 0 Å². The van der Waals surface area contributed by atoms with Crippen LogP contribution in [0.4, 0.5) is 0 Å². The Bertz CT molecular complexity index is 591. The van der Waals surface area contributed by atoms with E-state index in [0.717, 1.165) is 6.08 Å². The van der Waals surface area contributed by atoms with E-state index in [0.29, 0.717) is 11.3 Å². The molecule has 9 nitrogen and oxygen atoms in total. The first-order valence-corrected chi connectivity index (χ1v) is 7.35. The van der Waals surface area contributed by atoms with Crippen LogP contribution in [0.5, 0.6) is 11.5 Å². The SMILES string of the molecule is COc1cc(C=C(OCC(O)CO)C(=O)[O-])ccc1OCC(O)CO.[Na+]. The van der Waals surface area contributed by atoms with Gasteiger partial charge in [0.25, 0.3) is 0 Å². The summed E-state index contributed by atoms with van der Waals surface area (Å²) in [6.07, 6.45) is -1.10. The molecule has 10 heteroatoms. The van der Waals surface area contributed by atoms with Gasteiger partial charge in [-0.05, 0) is 23.8 Å². The predicted molar refractivity (Wildman–Crippen MR) is 83.6 cm³/mol. The first-order valence-electron chi connectivity index (χ1n) is 7.35. The molecule has 0 aliphatic heterocycles. The Kier molecular flexibility index (Phi) is 12.3. The number of carboxylic acids is 1. The average molecular weight is 380 g/mol. The topological polar surface area (TPSA) is 149 Å². The summed E-state index contributed by atoms with van der Waals surface area (Å²) in [5.74, 6) is -1.56. The summed E-state index contributed by atoms with van der Waals surface area (Å²) in [5.41, 5.74) is 0.393. The van der Waals surface area contributed by atoms with Gasteiger partial charge < -0.3 is 44.5 Å². The second-order valence-electron chi connectivity index (χ2n) is 5.00. The summed E-state index contributed by atoms with van der Waals surface area (Å²) in [7, 11) is 1.38. The van der Waals surface area contributed by atoms with E-state index in [1.807, 2.05) is 0 Å². The maximum Gasteiger partial charge on any atom is 1.00 e. The van der Waals surface area contributed by atoms with Gasteiger partial charge in [-0.15, -0.1) is 0 Å². The number of rotatable bonds is 11. The van der Waals surface area contributed by atoms with Crippen molar-refractivity contribution in [1.82, 2.24) is 0 Å². The minimum absolute atomic E-state index is 0. The fraction of sp³-hybridized carbons (Fsp3) is 0.438. The number of aliphatic carboxylic acids is 1. The first-order chi connectivity index (χ1) is 11.9. The summed E-state index contributed by atoms with van der Waals surface area (Å²) in [4.78, 5) is 11.1. The number of carbonyl (C=O) groups excluding carboxylic acids is 1. The first kappa shape index (κ1) is 24.7. The minimum atomic E-state index is -1.59. The van der Waals surface area contributed by atoms with Crippen molar-refractivity contribution in [2.24, 2.45) is 0 Å². The van der Waals surface area contributed by atoms with Gasteiger partial charge in [-0.1, -0.05) is 6.07 Å². The smallest absolute Gasteiger partial charge is 0.542 e. The number of methoxy groups -OCH3 is 1. The van der Waals surface area contributed by atoms with E-state index >= 15 is 0 Å². The standard InChI is InChI=1S/C16H22O9.Na/c1-23-14-4-10(2-3-13(14)24-8-11(19)6-17)5-15(16(21)22)25-9-12(20)7-18;/h2-5,11-12,17-20H,6-9H2,1H3,(H,21,22);/q;+1/p-1. The molecule has 4 N–H and O–H groups in total. The molecule has 0 aromatic heterocycles. The Morgan fingerprint density at radius 1 is 1.15 bits per heavy atom. The van der Waals surface area contributed by atoms with Crippen molar-refractivity contribution < 1.29 is 74.1 Å². The van der Waals surface area contributed by atoms with E-state index in [1.165, 1.54) is 25.3 Å². The number of hydrogen-bond acceptors (Lipinski definition) is 9.